The van der Waals surface area contributed by atoms with Gasteiger partial charge in [0.1, 0.15) is 0 Å². The Morgan fingerprint density at radius 1 is 1.27 bits per heavy atom. The zero-order valence-corrected chi connectivity index (χ0v) is 17.8. The summed E-state index contributed by atoms with van der Waals surface area (Å²) < 4.78 is 7.26. The molecular formula is C22H23ClN4O3. The number of ether oxygens (including phenoxy) is 1. The molecule has 30 heavy (non-hydrogen) atoms. The molecule has 2 aromatic heterocycles. The molecule has 1 aromatic carbocycles. The molecule has 7 nitrogen and oxygen atoms in total. The quantitative estimate of drug-likeness (QED) is 0.667. The summed E-state index contributed by atoms with van der Waals surface area (Å²) in [6, 6.07) is 8.64. The number of aromatic nitrogens is 3. The lowest BCUT2D eigenvalue weighted by molar-refractivity contribution is 0.0729. The number of alkyl carbamates (subject to hydrolysis) is 1. The number of benzene rings is 1. The van der Waals surface area contributed by atoms with E-state index in [-0.39, 0.29) is 11.5 Å². The molecule has 1 saturated carbocycles. The van der Waals surface area contributed by atoms with Crippen LogP contribution >= 0.6 is 11.6 Å². The topological polar surface area (TPSA) is 86.1 Å². The Kier molecular flexibility index (Phi) is 5.24. The Balaban J connectivity index is 1.90. The van der Waals surface area contributed by atoms with Gasteiger partial charge in [-0.3, -0.25) is 14.3 Å². The highest BCUT2D eigenvalue weighted by Gasteiger charge is 2.39. The van der Waals surface area contributed by atoms with E-state index in [0.717, 1.165) is 12.8 Å². The van der Waals surface area contributed by atoms with Gasteiger partial charge in [-0.2, -0.15) is 0 Å². The van der Waals surface area contributed by atoms with Gasteiger partial charge in [0.05, 0.1) is 27.8 Å². The monoisotopic (exact) mass is 426 g/mol. The first-order valence-corrected chi connectivity index (χ1v) is 10.2. The number of amides is 1. The van der Waals surface area contributed by atoms with Crippen LogP contribution in [0.25, 0.3) is 16.6 Å². The minimum atomic E-state index is -0.663. The summed E-state index contributed by atoms with van der Waals surface area (Å²) in [6.07, 6.45) is 3.78. The van der Waals surface area contributed by atoms with Crippen LogP contribution in [0.5, 0.6) is 0 Å². The van der Waals surface area contributed by atoms with Crippen LogP contribution in [0.2, 0.25) is 5.02 Å². The van der Waals surface area contributed by atoms with E-state index in [0.29, 0.717) is 27.4 Å². The predicted octanol–water partition coefficient (Wildman–Crippen LogP) is 4.41. The van der Waals surface area contributed by atoms with Gasteiger partial charge in [0, 0.05) is 17.7 Å². The predicted molar refractivity (Wildman–Crippen MR) is 115 cm³/mol. The SMILES string of the molecule is CC(C)(C)NC(=O)O[C@H](c1nc2cccc(Cl)c2c(=O)n1-c1cccnc1)C1CC1. The Morgan fingerprint density at radius 2 is 2.03 bits per heavy atom. The van der Waals surface area contributed by atoms with Crippen LogP contribution in [0.1, 0.15) is 45.5 Å². The minimum Gasteiger partial charge on any atom is -0.438 e. The van der Waals surface area contributed by atoms with Crippen LogP contribution in [-0.2, 0) is 4.74 Å². The second-order valence-electron chi connectivity index (χ2n) is 8.49. The van der Waals surface area contributed by atoms with Gasteiger partial charge in [0.2, 0.25) is 0 Å². The lowest BCUT2D eigenvalue weighted by Crippen LogP contribution is -2.42. The number of hydrogen-bond acceptors (Lipinski definition) is 5. The van der Waals surface area contributed by atoms with Crippen molar-refractivity contribution in [3.63, 3.8) is 0 Å². The lowest BCUT2D eigenvalue weighted by atomic mass is 10.1. The fourth-order valence-corrected chi connectivity index (χ4v) is 3.59. The van der Waals surface area contributed by atoms with Crippen LogP contribution in [0.3, 0.4) is 0 Å². The average molecular weight is 427 g/mol. The highest BCUT2D eigenvalue weighted by atomic mass is 35.5. The van der Waals surface area contributed by atoms with Gasteiger partial charge in [-0.15, -0.1) is 0 Å². The number of carbonyl (C=O) groups excluding carboxylic acids is 1. The van der Waals surface area contributed by atoms with Crippen molar-refractivity contribution >= 4 is 28.6 Å². The number of fused-ring (bicyclic) bond motifs is 1. The summed E-state index contributed by atoms with van der Waals surface area (Å²) in [5.41, 5.74) is 0.239. The first kappa shape index (κ1) is 20.3. The third-order valence-electron chi connectivity index (χ3n) is 4.79. The van der Waals surface area contributed by atoms with Crippen LogP contribution in [0.4, 0.5) is 4.79 Å². The van der Waals surface area contributed by atoms with E-state index in [1.807, 2.05) is 20.8 Å². The first-order chi connectivity index (χ1) is 14.2. The molecule has 1 aliphatic carbocycles. The molecule has 0 radical (unpaired) electrons. The largest absolute Gasteiger partial charge is 0.438 e. The standard InChI is InChI=1S/C22H23ClN4O3/c1-22(2,3)26-21(29)30-18(13-9-10-13)19-25-16-8-4-7-15(23)17(16)20(28)27(19)14-6-5-11-24-12-14/h4-8,11-13,18H,9-10H2,1-3H3,(H,26,29)/t18-/m0/s1. The highest BCUT2D eigenvalue weighted by Crippen LogP contribution is 2.43. The fraction of sp³-hybridized carbons (Fsp3) is 0.364. The lowest BCUT2D eigenvalue weighted by Gasteiger charge is -2.25. The molecule has 2 heterocycles. The van der Waals surface area contributed by atoms with Crippen molar-refractivity contribution < 1.29 is 9.53 Å². The highest BCUT2D eigenvalue weighted by molar-refractivity contribution is 6.35. The van der Waals surface area contributed by atoms with E-state index in [1.165, 1.54) is 4.57 Å². The Bertz CT molecular complexity index is 1150. The average Bonchev–Trinajstić information content (AvgIpc) is 3.50. The maximum atomic E-state index is 13.5. The summed E-state index contributed by atoms with van der Waals surface area (Å²) in [6.45, 7) is 5.63. The molecule has 1 amide bonds. The number of pyridine rings is 1. The first-order valence-electron chi connectivity index (χ1n) is 9.85. The zero-order valence-electron chi connectivity index (χ0n) is 17.1. The van der Waals surface area contributed by atoms with Gasteiger partial charge in [-0.1, -0.05) is 17.7 Å². The van der Waals surface area contributed by atoms with Gasteiger partial charge >= 0.3 is 6.09 Å². The number of hydrogen-bond donors (Lipinski definition) is 1. The molecule has 1 fully saturated rings. The summed E-state index contributed by atoms with van der Waals surface area (Å²) >= 11 is 6.32. The van der Waals surface area contributed by atoms with Crippen molar-refractivity contribution in [1.82, 2.24) is 19.9 Å². The van der Waals surface area contributed by atoms with Crippen LogP contribution < -0.4 is 10.9 Å². The molecular weight excluding hydrogens is 404 g/mol. The van der Waals surface area contributed by atoms with Gasteiger partial charge in [-0.25, -0.2) is 9.78 Å². The number of rotatable bonds is 4. The van der Waals surface area contributed by atoms with Crippen LogP contribution in [-0.4, -0.2) is 26.2 Å². The molecule has 1 atom stereocenters. The van der Waals surface area contributed by atoms with E-state index >= 15 is 0 Å². The van der Waals surface area contributed by atoms with Gasteiger partial charge < -0.3 is 10.1 Å². The van der Waals surface area contributed by atoms with E-state index in [1.54, 1.807) is 42.7 Å². The van der Waals surface area contributed by atoms with E-state index < -0.39 is 17.7 Å². The molecule has 0 bridgehead atoms. The molecule has 1 N–H and O–H groups in total. The summed E-state index contributed by atoms with van der Waals surface area (Å²) in [7, 11) is 0. The Hall–Kier alpha value is -2.93. The van der Waals surface area contributed by atoms with Crippen molar-refractivity contribution in [3.8, 4) is 5.69 Å². The number of carbonyl (C=O) groups is 1. The smallest absolute Gasteiger partial charge is 0.408 e. The third-order valence-corrected chi connectivity index (χ3v) is 5.11. The maximum absolute atomic E-state index is 13.5. The third kappa shape index (κ3) is 4.16. The number of halogens is 1. The Labute approximate surface area is 179 Å². The molecule has 0 saturated heterocycles. The second-order valence-corrected chi connectivity index (χ2v) is 8.90. The van der Waals surface area contributed by atoms with Crippen LogP contribution in [0.15, 0.2) is 47.5 Å². The van der Waals surface area contributed by atoms with Crippen LogP contribution in [0, 0.1) is 5.92 Å². The molecule has 3 aromatic rings. The van der Waals surface area contributed by atoms with E-state index in [4.69, 9.17) is 21.3 Å². The van der Waals surface area contributed by atoms with Crippen molar-refractivity contribution in [1.29, 1.82) is 0 Å². The molecule has 4 rings (SSSR count). The van der Waals surface area contributed by atoms with E-state index in [2.05, 4.69) is 10.3 Å². The van der Waals surface area contributed by atoms with Crippen molar-refractivity contribution in [2.45, 2.75) is 45.3 Å². The molecule has 1 aliphatic rings. The molecule has 0 unspecified atom stereocenters. The van der Waals surface area contributed by atoms with Gasteiger partial charge in [0.25, 0.3) is 5.56 Å². The fourth-order valence-electron chi connectivity index (χ4n) is 3.34. The number of nitrogens with zero attached hydrogens (tertiary/aromatic N) is 3. The van der Waals surface area contributed by atoms with Gasteiger partial charge in [0.15, 0.2) is 11.9 Å². The summed E-state index contributed by atoms with van der Waals surface area (Å²) in [5, 5.41) is 3.45. The van der Waals surface area contributed by atoms with Crippen molar-refractivity contribution in [2.24, 2.45) is 5.92 Å². The normalized spacial score (nSPS) is 15.1. The summed E-state index contributed by atoms with van der Waals surface area (Å²) in [4.78, 5) is 34.9. The maximum Gasteiger partial charge on any atom is 0.408 e. The van der Waals surface area contributed by atoms with Crippen molar-refractivity contribution in [2.75, 3.05) is 0 Å². The zero-order chi connectivity index (χ0) is 21.5. The number of nitrogens with one attached hydrogen (secondary N) is 1. The van der Waals surface area contributed by atoms with Crippen molar-refractivity contribution in [3.05, 3.63) is 63.9 Å². The molecule has 8 heteroatoms. The molecule has 0 spiro atoms. The second kappa shape index (κ2) is 7.72. The Morgan fingerprint density at radius 3 is 2.67 bits per heavy atom. The molecule has 156 valence electrons. The molecule has 0 aliphatic heterocycles. The minimum absolute atomic E-state index is 0.0992. The van der Waals surface area contributed by atoms with E-state index in [9.17, 15) is 9.59 Å². The van der Waals surface area contributed by atoms with Gasteiger partial charge in [-0.05, 0) is 57.9 Å². The summed E-state index contributed by atoms with van der Waals surface area (Å²) in [5.74, 6) is 0.469.